The minimum absolute atomic E-state index is 0.315. The molecule has 0 aliphatic rings. The Hall–Kier alpha value is -3.61. The molecule has 0 atom stereocenters. The van der Waals surface area contributed by atoms with Crippen molar-refractivity contribution >= 4 is 29.0 Å². The number of carbonyl (C=O) groups excluding carboxylic acids is 1. The second-order valence-electron chi connectivity index (χ2n) is 6.16. The molecule has 0 radical (unpaired) electrons. The van der Waals surface area contributed by atoms with Crippen molar-refractivity contribution in [2.75, 3.05) is 23.8 Å². The second kappa shape index (κ2) is 9.54. The summed E-state index contributed by atoms with van der Waals surface area (Å²) in [7, 11) is 0. The third kappa shape index (κ3) is 5.44. The molecule has 0 aliphatic carbocycles. The SMILES string of the molecule is CCOC(=O)c1ccccc1Nc1cc(Nc2ccc(OCC)cc2)nc(C)n1. The quantitative estimate of drug-likeness (QED) is 0.530. The third-order valence-electron chi connectivity index (χ3n) is 3.96. The number of benzene rings is 2. The van der Waals surface area contributed by atoms with Crippen LogP contribution < -0.4 is 15.4 Å². The summed E-state index contributed by atoms with van der Waals surface area (Å²) >= 11 is 0. The predicted molar refractivity (Wildman–Crippen MR) is 113 cm³/mol. The van der Waals surface area contributed by atoms with Crippen LogP contribution in [0.1, 0.15) is 30.0 Å². The van der Waals surface area contributed by atoms with E-state index < -0.39 is 0 Å². The number of aryl methyl sites for hydroxylation is 1. The Morgan fingerprint density at radius 3 is 2.31 bits per heavy atom. The summed E-state index contributed by atoms with van der Waals surface area (Å²) in [5, 5.41) is 6.45. The van der Waals surface area contributed by atoms with Gasteiger partial charge in [-0.3, -0.25) is 0 Å². The van der Waals surface area contributed by atoms with Crippen LogP contribution in [0.25, 0.3) is 0 Å². The van der Waals surface area contributed by atoms with Crippen LogP contribution in [0, 0.1) is 6.92 Å². The number of hydrogen-bond donors (Lipinski definition) is 2. The standard InChI is InChI=1S/C22H24N4O3/c1-4-28-17-12-10-16(11-13-17)25-20-14-21(24-15(3)23-20)26-19-9-7-6-8-18(19)22(27)29-5-2/h6-14H,4-5H2,1-3H3,(H2,23,24,25,26). The summed E-state index contributed by atoms with van der Waals surface area (Å²) in [6.07, 6.45) is 0. The first-order valence-electron chi connectivity index (χ1n) is 9.47. The molecule has 7 heteroatoms. The average Bonchev–Trinajstić information content (AvgIpc) is 2.70. The Balaban J connectivity index is 1.80. The van der Waals surface area contributed by atoms with Crippen LogP contribution in [0.2, 0.25) is 0 Å². The molecule has 7 nitrogen and oxygen atoms in total. The summed E-state index contributed by atoms with van der Waals surface area (Å²) in [6, 6.07) is 16.6. The van der Waals surface area contributed by atoms with Gasteiger partial charge < -0.3 is 20.1 Å². The highest BCUT2D eigenvalue weighted by Gasteiger charge is 2.13. The van der Waals surface area contributed by atoms with Gasteiger partial charge in [-0.15, -0.1) is 0 Å². The molecule has 0 saturated carbocycles. The van der Waals surface area contributed by atoms with Crippen molar-refractivity contribution in [3.63, 3.8) is 0 Å². The lowest BCUT2D eigenvalue weighted by Gasteiger charge is -2.13. The number of nitrogens with one attached hydrogen (secondary N) is 2. The van der Waals surface area contributed by atoms with E-state index in [1.165, 1.54) is 0 Å². The van der Waals surface area contributed by atoms with E-state index >= 15 is 0 Å². The number of carbonyl (C=O) groups is 1. The van der Waals surface area contributed by atoms with Crippen molar-refractivity contribution in [3.8, 4) is 5.75 Å². The first kappa shape index (κ1) is 20.1. The molecule has 1 heterocycles. The number of aromatic nitrogens is 2. The number of rotatable bonds is 8. The van der Waals surface area contributed by atoms with E-state index in [-0.39, 0.29) is 5.97 Å². The minimum atomic E-state index is -0.380. The Morgan fingerprint density at radius 1 is 0.931 bits per heavy atom. The van der Waals surface area contributed by atoms with Gasteiger partial charge >= 0.3 is 5.97 Å². The molecular weight excluding hydrogens is 368 g/mol. The summed E-state index contributed by atoms with van der Waals surface area (Å²) in [6.45, 7) is 6.48. The molecule has 0 saturated heterocycles. The molecule has 0 amide bonds. The van der Waals surface area contributed by atoms with E-state index in [9.17, 15) is 4.79 Å². The fourth-order valence-corrected chi connectivity index (χ4v) is 2.76. The molecule has 3 aromatic rings. The molecule has 3 rings (SSSR count). The van der Waals surface area contributed by atoms with E-state index in [0.29, 0.717) is 41.9 Å². The average molecular weight is 392 g/mol. The lowest BCUT2D eigenvalue weighted by molar-refractivity contribution is 0.0527. The van der Waals surface area contributed by atoms with Crippen LogP contribution >= 0.6 is 0 Å². The second-order valence-corrected chi connectivity index (χ2v) is 6.16. The number of anilines is 4. The van der Waals surface area contributed by atoms with Gasteiger partial charge in [-0.1, -0.05) is 12.1 Å². The molecule has 29 heavy (non-hydrogen) atoms. The predicted octanol–water partition coefficient (Wildman–Crippen LogP) is 4.85. The normalized spacial score (nSPS) is 10.3. The number of hydrogen-bond acceptors (Lipinski definition) is 7. The number of ether oxygens (including phenoxy) is 2. The lowest BCUT2D eigenvalue weighted by Crippen LogP contribution is -2.09. The highest BCUT2D eigenvalue weighted by Crippen LogP contribution is 2.24. The Kier molecular flexibility index (Phi) is 6.63. The maximum Gasteiger partial charge on any atom is 0.340 e. The topological polar surface area (TPSA) is 85.4 Å². The Morgan fingerprint density at radius 2 is 1.62 bits per heavy atom. The van der Waals surface area contributed by atoms with E-state index in [4.69, 9.17) is 9.47 Å². The third-order valence-corrected chi connectivity index (χ3v) is 3.96. The van der Waals surface area contributed by atoms with E-state index in [1.54, 1.807) is 25.1 Å². The van der Waals surface area contributed by atoms with Crippen LogP contribution in [-0.4, -0.2) is 29.2 Å². The van der Waals surface area contributed by atoms with Gasteiger partial charge in [0.25, 0.3) is 0 Å². The zero-order chi connectivity index (χ0) is 20.6. The highest BCUT2D eigenvalue weighted by atomic mass is 16.5. The molecule has 0 bridgehead atoms. The summed E-state index contributed by atoms with van der Waals surface area (Å²) in [5.74, 6) is 2.24. The molecule has 0 fully saturated rings. The van der Waals surface area contributed by atoms with E-state index in [1.807, 2.05) is 50.2 Å². The maximum absolute atomic E-state index is 12.2. The molecular formula is C22H24N4O3. The van der Waals surface area contributed by atoms with Crippen LogP contribution in [0.5, 0.6) is 5.75 Å². The van der Waals surface area contributed by atoms with Gasteiger partial charge in [0, 0.05) is 11.8 Å². The molecule has 0 unspecified atom stereocenters. The van der Waals surface area contributed by atoms with Gasteiger partial charge in [0.15, 0.2) is 0 Å². The Labute approximate surface area is 170 Å². The van der Waals surface area contributed by atoms with Crippen LogP contribution in [0.3, 0.4) is 0 Å². The van der Waals surface area contributed by atoms with Crippen molar-refractivity contribution in [3.05, 3.63) is 66.0 Å². The molecule has 0 spiro atoms. The van der Waals surface area contributed by atoms with Crippen molar-refractivity contribution in [1.82, 2.24) is 9.97 Å². The molecule has 2 aromatic carbocycles. The highest BCUT2D eigenvalue weighted by molar-refractivity contribution is 5.96. The van der Waals surface area contributed by atoms with Gasteiger partial charge in [0.1, 0.15) is 23.2 Å². The van der Waals surface area contributed by atoms with Crippen molar-refractivity contribution < 1.29 is 14.3 Å². The summed E-state index contributed by atoms with van der Waals surface area (Å²) in [4.78, 5) is 21.0. The van der Waals surface area contributed by atoms with Gasteiger partial charge in [-0.25, -0.2) is 14.8 Å². The minimum Gasteiger partial charge on any atom is -0.494 e. The van der Waals surface area contributed by atoms with Crippen molar-refractivity contribution in [2.24, 2.45) is 0 Å². The number of para-hydroxylation sites is 1. The van der Waals surface area contributed by atoms with E-state index in [0.717, 1.165) is 11.4 Å². The number of esters is 1. The van der Waals surface area contributed by atoms with Crippen molar-refractivity contribution in [2.45, 2.75) is 20.8 Å². The summed E-state index contributed by atoms with van der Waals surface area (Å²) in [5.41, 5.74) is 1.95. The molecule has 150 valence electrons. The fraction of sp³-hybridized carbons (Fsp3) is 0.227. The molecule has 0 aliphatic heterocycles. The molecule has 1 aromatic heterocycles. The maximum atomic E-state index is 12.2. The van der Waals surface area contributed by atoms with Crippen LogP contribution in [0.4, 0.5) is 23.0 Å². The fourth-order valence-electron chi connectivity index (χ4n) is 2.76. The van der Waals surface area contributed by atoms with Gasteiger partial charge in [0.05, 0.1) is 24.5 Å². The van der Waals surface area contributed by atoms with Gasteiger partial charge in [-0.2, -0.15) is 0 Å². The molecule has 2 N–H and O–H groups in total. The van der Waals surface area contributed by atoms with Crippen LogP contribution in [-0.2, 0) is 4.74 Å². The Bertz CT molecular complexity index is 974. The van der Waals surface area contributed by atoms with Crippen LogP contribution in [0.15, 0.2) is 54.6 Å². The van der Waals surface area contributed by atoms with E-state index in [2.05, 4.69) is 20.6 Å². The largest absolute Gasteiger partial charge is 0.494 e. The lowest BCUT2D eigenvalue weighted by atomic mass is 10.2. The summed E-state index contributed by atoms with van der Waals surface area (Å²) < 4.78 is 10.6. The number of nitrogens with zero attached hydrogens (tertiary/aromatic N) is 2. The smallest absolute Gasteiger partial charge is 0.340 e. The van der Waals surface area contributed by atoms with Gasteiger partial charge in [0.2, 0.25) is 0 Å². The van der Waals surface area contributed by atoms with Crippen molar-refractivity contribution in [1.29, 1.82) is 0 Å². The first-order valence-corrected chi connectivity index (χ1v) is 9.47. The zero-order valence-corrected chi connectivity index (χ0v) is 16.7. The monoisotopic (exact) mass is 392 g/mol. The first-order chi connectivity index (χ1) is 14.1. The van der Waals surface area contributed by atoms with Gasteiger partial charge in [-0.05, 0) is 57.2 Å². The zero-order valence-electron chi connectivity index (χ0n) is 16.7.